The summed E-state index contributed by atoms with van der Waals surface area (Å²) < 4.78 is 3.46. The number of hydrogen-bond donors (Lipinski definition) is 1. The number of carbonyl (C=O) groups excluding carboxylic acids is 1. The second kappa shape index (κ2) is 7.80. The van der Waals surface area contributed by atoms with Crippen molar-refractivity contribution in [2.45, 2.75) is 44.7 Å². The van der Waals surface area contributed by atoms with Gasteiger partial charge in [0.15, 0.2) is 11.3 Å². The molecule has 6 heterocycles. The number of hydrogen-bond acceptors (Lipinski definition) is 7. The molecule has 2 N–H and O–H groups in total. The SMILES string of the molecule is Cc1cn2nc([C@@H]3CCCCN3C(=O)c3cn4ncccc4n3)cc2nc1N1CC[C@H](N)C1. The topological polar surface area (TPSA) is 110 Å². The van der Waals surface area contributed by atoms with Gasteiger partial charge in [-0.2, -0.15) is 10.2 Å². The van der Waals surface area contributed by atoms with E-state index in [-0.39, 0.29) is 18.0 Å². The van der Waals surface area contributed by atoms with Crippen molar-refractivity contribution in [2.75, 3.05) is 24.5 Å². The number of piperidine rings is 1. The van der Waals surface area contributed by atoms with E-state index in [9.17, 15) is 4.79 Å². The number of nitrogens with two attached hydrogens (primary N) is 1. The van der Waals surface area contributed by atoms with Gasteiger partial charge < -0.3 is 15.5 Å². The molecule has 10 heteroatoms. The van der Waals surface area contributed by atoms with Crippen molar-refractivity contribution in [1.82, 2.24) is 34.1 Å². The zero-order valence-corrected chi connectivity index (χ0v) is 18.6. The normalized spacial score (nSPS) is 21.4. The molecule has 1 amide bonds. The van der Waals surface area contributed by atoms with Crippen molar-refractivity contribution in [1.29, 1.82) is 0 Å². The van der Waals surface area contributed by atoms with E-state index in [1.807, 2.05) is 33.8 Å². The lowest BCUT2D eigenvalue weighted by Crippen LogP contribution is -2.38. The van der Waals surface area contributed by atoms with Crippen LogP contribution in [0, 0.1) is 6.92 Å². The summed E-state index contributed by atoms with van der Waals surface area (Å²) in [5, 5.41) is 9.06. The van der Waals surface area contributed by atoms with Crippen molar-refractivity contribution < 1.29 is 4.79 Å². The third-order valence-corrected chi connectivity index (χ3v) is 6.71. The number of nitrogens with zero attached hydrogens (tertiary/aromatic N) is 8. The third-order valence-electron chi connectivity index (χ3n) is 6.71. The van der Waals surface area contributed by atoms with Gasteiger partial charge in [0.05, 0.1) is 17.9 Å². The van der Waals surface area contributed by atoms with E-state index < -0.39 is 0 Å². The smallest absolute Gasteiger partial charge is 0.274 e. The minimum Gasteiger partial charge on any atom is -0.355 e. The summed E-state index contributed by atoms with van der Waals surface area (Å²) in [7, 11) is 0. The number of fused-ring (bicyclic) bond motifs is 2. The zero-order chi connectivity index (χ0) is 22.5. The molecular formula is C23H27N9O. The highest BCUT2D eigenvalue weighted by atomic mass is 16.2. The largest absolute Gasteiger partial charge is 0.355 e. The van der Waals surface area contributed by atoms with Crippen LogP contribution in [-0.2, 0) is 0 Å². The van der Waals surface area contributed by atoms with Crippen LogP contribution in [0.15, 0.2) is 36.8 Å². The number of likely N-dealkylation sites (tertiary alicyclic amines) is 1. The van der Waals surface area contributed by atoms with Gasteiger partial charge in [-0.1, -0.05) is 0 Å². The van der Waals surface area contributed by atoms with Crippen LogP contribution in [0.2, 0.25) is 0 Å². The fourth-order valence-electron chi connectivity index (χ4n) is 5.05. The van der Waals surface area contributed by atoms with Crippen molar-refractivity contribution in [3.63, 3.8) is 0 Å². The Balaban J connectivity index is 1.33. The molecule has 2 aliphatic heterocycles. The lowest BCUT2D eigenvalue weighted by Gasteiger charge is -2.34. The molecule has 10 nitrogen and oxygen atoms in total. The van der Waals surface area contributed by atoms with Gasteiger partial charge in [0.1, 0.15) is 11.5 Å². The number of imidazole rings is 1. The molecule has 0 aromatic carbocycles. The maximum absolute atomic E-state index is 13.4. The van der Waals surface area contributed by atoms with E-state index in [4.69, 9.17) is 15.8 Å². The minimum atomic E-state index is -0.102. The number of aryl methyl sites for hydroxylation is 1. The van der Waals surface area contributed by atoms with Crippen LogP contribution >= 0.6 is 0 Å². The van der Waals surface area contributed by atoms with Crippen LogP contribution < -0.4 is 10.6 Å². The number of rotatable bonds is 3. The molecule has 0 spiro atoms. The number of carbonyl (C=O) groups is 1. The molecule has 0 bridgehead atoms. The van der Waals surface area contributed by atoms with Gasteiger partial charge in [0, 0.05) is 49.7 Å². The molecule has 2 aliphatic rings. The van der Waals surface area contributed by atoms with Gasteiger partial charge in [-0.25, -0.2) is 19.0 Å². The highest BCUT2D eigenvalue weighted by Gasteiger charge is 2.32. The van der Waals surface area contributed by atoms with Crippen LogP contribution in [0.4, 0.5) is 5.82 Å². The first-order valence-corrected chi connectivity index (χ1v) is 11.6. The molecule has 0 radical (unpaired) electrons. The first-order chi connectivity index (χ1) is 16.1. The van der Waals surface area contributed by atoms with E-state index in [1.165, 1.54) is 0 Å². The molecule has 170 valence electrons. The van der Waals surface area contributed by atoms with Gasteiger partial charge in [-0.05, 0) is 44.7 Å². The summed E-state index contributed by atoms with van der Waals surface area (Å²) in [4.78, 5) is 27.0. The van der Waals surface area contributed by atoms with Gasteiger partial charge >= 0.3 is 0 Å². The summed E-state index contributed by atoms with van der Waals surface area (Å²) in [5.74, 6) is 0.883. The molecule has 0 saturated carbocycles. The maximum atomic E-state index is 13.4. The molecule has 0 aliphatic carbocycles. The van der Waals surface area contributed by atoms with Crippen LogP contribution in [0.3, 0.4) is 0 Å². The van der Waals surface area contributed by atoms with Gasteiger partial charge in [0.2, 0.25) is 0 Å². The fraction of sp³-hybridized carbons (Fsp3) is 0.435. The van der Waals surface area contributed by atoms with Crippen LogP contribution in [0.5, 0.6) is 0 Å². The fourth-order valence-corrected chi connectivity index (χ4v) is 5.05. The summed E-state index contributed by atoms with van der Waals surface area (Å²) in [5.41, 5.74) is 9.91. The predicted octanol–water partition coefficient (Wildman–Crippen LogP) is 1.99. The van der Waals surface area contributed by atoms with E-state index in [0.29, 0.717) is 17.9 Å². The molecule has 4 aromatic heterocycles. The van der Waals surface area contributed by atoms with Gasteiger partial charge in [-0.15, -0.1) is 0 Å². The van der Waals surface area contributed by atoms with Crippen molar-refractivity contribution >= 4 is 23.0 Å². The van der Waals surface area contributed by atoms with Crippen LogP contribution in [-0.4, -0.2) is 65.7 Å². The molecule has 6 rings (SSSR count). The highest BCUT2D eigenvalue weighted by Crippen LogP contribution is 2.32. The van der Waals surface area contributed by atoms with Crippen molar-refractivity contribution in [3.8, 4) is 0 Å². The Bertz CT molecular complexity index is 1310. The molecule has 2 atom stereocenters. The Morgan fingerprint density at radius 3 is 2.82 bits per heavy atom. The second-order valence-electron chi connectivity index (χ2n) is 9.08. The lowest BCUT2D eigenvalue weighted by molar-refractivity contribution is 0.0600. The quantitative estimate of drug-likeness (QED) is 0.513. The molecule has 2 fully saturated rings. The highest BCUT2D eigenvalue weighted by molar-refractivity contribution is 5.93. The third kappa shape index (κ3) is 3.50. The number of amides is 1. The maximum Gasteiger partial charge on any atom is 0.274 e. The summed E-state index contributed by atoms with van der Waals surface area (Å²) in [6.45, 7) is 4.48. The van der Waals surface area contributed by atoms with Gasteiger partial charge in [-0.3, -0.25) is 4.79 Å². The average Bonchev–Trinajstić information content (AvgIpc) is 3.55. The summed E-state index contributed by atoms with van der Waals surface area (Å²) >= 11 is 0. The molecule has 4 aromatic rings. The Hall–Kier alpha value is -3.53. The summed E-state index contributed by atoms with van der Waals surface area (Å²) in [6.07, 6.45) is 9.28. The molecule has 0 unspecified atom stereocenters. The van der Waals surface area contributed by atoms with E-state index in [2.05, 4.69) is 21.9 Å². The van der Waals surface area contributed by atoms with E-state index >= 15 is 0 Å². The summed E-state index contributed by atoms with van der Waals surface area (Å²) in [6, 6.07) is 5.77. The average molecular weight is 446 g/mol. The second-order valence-corrected chi connectivity index (χ2v) is 9.08. The van der Waals surface area contributed by atoms with E-state index in [0.717, 1.165) is 61.5 Å². The van der Waals surface area contributed by atoms with Crippen LogP contribution in [0.25, 0.3) is 11.3 Å². The van der Waals surface area contributed by atoms with Crippen molar-refractivity contribution in [3.05, 3.63) is 53.7 Å². The molecule has 2 saturated heterocycles. The number of aromatic nitrogens is 6. The van der Waals surface area contributed by atoms with Crippen molar-refractivity contribution in [2.24, 2.45) is 5.73 Å². The lowest BCUT2D eigenvalue weighted by atomic mass is 9.99. The minimum absolute atomic E-state index is 0.0851. The van der Waals surface area contributed by atoms with E-state index in [1.54, 1.807) is 16.9 Å². The predicted molar refractivity (Wildman–Crippen MR) is 123 cm³/mol. The van der Waals surface area contributed by atoms with Crippen LogP contribution in [0.1, 0.15) is 53.5 Å². The monoisotopic (exact) mass is 445 g/mol. The Kier molecular flexibility index (Phi) is 4.75. The molecular weight excluding hydrogens is 418 g/mol. The van der Waals surface area contributed by atoms with Gasteiger partial charge in [0.25, 0.3) is 5.91 Å². The molecule has 33 heavy (non-hydrogen) atoms. The Morgan fingerprint density at radius 1 is 1.09 bits per heavy atom. The standard InChI is InChI=1S/C23H27N9O/c1-15-12-32-21(27-22(15)29-10-7-16(24)13-29)11-17(28-32)19-5-2-3-9-30(19)23(33)18-14-31-20(26-18)6-4-8-25-31/h4,6,8,11-12,14,16,19H,2-3,5,7,9-10,13,24H2,1H3/t16-,19-/m0/s1. The zero-order valence-electron chi connectivity index (χ0n) is 18.6. The Labute approximate surface area is 191 Å². The Morgan fingerprint density at radius 2 is 2.00 bits per heavy atom. The number of anilines is 1. The first kappa shape index (κ1) is 20.1. The first-order valence-electron chi connectivity index (χ1n) is 11.6.